The van der Waals surface area contributed by atoms with Gasteiger partial charge in [0, 0.05) is 17.5 Å². The number of likely N-dealkylation sites (tertiary alicyclic amines) is 1. The molecule has 0 spiro atoms. The van der Waals surface area contributed by atoms with Crippen molar-refractivity contribution in [1.29, 1.82) is 0 Å². The first-order chi connectivity index (χ1) is 9.31. The first-order valence-electron chi connectivity index (χ1n) is 6.98. The second kappa shape index (κ2) is 9.27. The lowest BCUT2D eigenvalue weighted by Gasteiger charge is -2.35. The Kier molecular flexibility index (Phi) is 8.04. The van der Waals surface area contributed by atoms with E-state index in [9.17, 15) is 4.79 Å². The van der Waals surface area contributed by atoms with E-state index in [1.807, 2.05) is 35.2 Å². The molecule has 0 bridgehead atoms. The smallest absolute Gasteiger partial charge is 0.233 e. The number of hydrogen-bond donors (Lipinski definition) is 1. The SMILES string of the molecule is Cl.NCCC1CCCCN1C(=O)CSc1ccccc1. The van der Waals surface area contributed by atoms with Crippen molar-refractivity contribution >= 4 is 30.1 Å². The molecule has 1 aliphatic heterocycles. The van der Waals surface area contributed by atoms with Crippen molar-refractivity contribution in [2.45, 2.75) is 36.6 Å². The van der Waals surface area contributed by atoms with E-state index in [4.69, 9.17) is 5.73 Å². The molecule has 5 heteroatoms. The van der Waals surface area contributed by atoms with Crippen molar-refractivity contribution in [3.63, 3.8) is 0 Å². The summed E-state index contributed by atoms with van der Waals surface area (Å²) in [5.74, 6) is 0.789. The van der Waals surface area contributed by atoms with Gasteiger partial charge in [-0.2, -0.15) is 0 Å². The van der Waals surface area contributed by atoms with Gasteiger partial charge in [-0.05, 0) is 44.4 Å². The molecule has 112 valence electrons. The van der Waals surface area contributed by atoms with E-state index >= 15 is 0 Å². The third-order valence-electron chi connectivity index (χ3n) is 3.55. The number of amides is 1. The van der Waals surface area contributed by atoms with Gasteiger partial charge in [0.05, 0.1) is 5.75 Å². The molecular weight excluding hydrogens is 292 g/mol. The predicted octanol–water partition coefficient (Wildman–Crippen LogP) is 2.93. The van der Waals surface area contributed by atoms with E-state index in [1.54, 1.807) is 11.8 Å². The number of halogens is 1. The summed E-state index contributed by atoms with van der Waals surface area (Å²) in [5.41, 5.74) is 5.64. The highest BCUT2D eigenvalue weighted by atomic mass is 35.5. The zero-order valence-electron chi connectivity index (χ0n) is 11.7. The van der Waals surface area contributed by atoms with Crippen LogP contribution in [0.15, 0.2) is 35.2 Å². The van der Waals surface area contributed by atoms with Gasteiger partial charge in [-0.15, -0.1) is 24.2 Å². The quantitative estimate of drug-likeness (QED) is 0.850. The van der Waals surface area contributed by atoms with Crippen molar-refractivity contribution in [3.05, 3.63) is 30.3 Å². The predicted molar refractivity (Wildman–Crippen MR) is 87.4 cm³/mol. The third-order valence-corrected chi connectivity index (χ3v) is 4.55. The van der Waals surface area contributed by atoms with Crippen LogP contribution in [-0.4, -0.2) is 35.7 Å². The van der Waals surface area contributed by atoms with Gasteiger partial charge in [0.15, 0.2) is 0 Å². The summed E-state index contributed by atoms with van der Waals surface area (Å²) in [7, 11) is 0. The summed E-state index contributed by atoms with van der Waals surface area (Å²) in [6, 6.07) is 10.5. The summed E-state index contributed by atoms with van der Waals surface area (Å²) in [5, 5.41) is 0. The lowest BCUT2D eigenvalue weighted by Crippen LogP contribution is -2.45. The molecule has 1 unspecified atom stereocenters. The summed E-state index contributed by atoms with van der Waals surface area (Å²) in [6.45, 7) is 1.57. The van der Waals surface area contributed by atoms with Crippen LogP contribution >= 0.6 is 24.2 Å². The van der Waals surface area contributed by atoms with Crippen LogP contribution in [-0.2, 0) is 4.79 Å². The van der Waals surface area contributed by atoms with E-state index in [0.29, 0.717) is 18.3 Å². The van der Waals surface area contributed by atoms with Crippen LogP contribution in [0.25, 0.3) is 0 Å². The first-order valence-corrected chi connectivity index (χ1v) is 7.97. The van der Waals surface area contributed by atoms with E-state index in [0.717, 1.165) is 30.7 Å². The number of nitrogens with zero attached hydrogens (tertiary/aromatic N) is 1. The van der Waals surface area contributed by atoms with Gasteiger partial charge in [0.25, 0.3) is 0 Å². The largest absolute Gasteiger partial charge is 0.339 e. The number of hydrogen-bond acceptors (Lipinski definition) is 3. The van der Waals surface area contributed by atoms with Gasteiger partial charge in [-0.3, -0.25) is 4.79 Å². The molecular formula is C15H23ClN2OS. The number of nitrogens with two attached hydrogens (primary N) is 1. The first kappa shape index (κ1) is 17.3. The Bertz CT molecular complexity index is 400. The molecule has 1 atom stereocenters. The van der Waals surface area contributed by atoms with Crippen LogP contribution in [0.3, 0.4) is 0 Å². The molecule has 0 aliphatic carbocycles. The summed E-state index contributed by atoms with van der Waals surface area (Å²) in [6.07, 6.45) is 4.39. The van der Waals surface area contributed by atoms with E-state index in [1.165, 1.54) is 6.42 Å². The minimum Gasteiger partial charge on any atom is -0.339 e. The Morgan fingerprint density at radius 3 is 2.75 bits per heavy atom. The number of piperidine rings is 1. The van der Waals surface area contributed by atoms with Gasteiger partial charge in [0.1, 0.15) is 0 Å². The molecule has 0 radical (unpaired) electrons. The Labute approximate surface area is 131 Å². The zero-order chi connectivity index (χ0) is 13.5. The average Bonchev–Trinajstić information content (AvgIpc) is 2.47. The fourth-order valence-corrected chi connectivity index (χ4v) is 3.37. The molecule has 1 fully saturated rings. The molecule has 2 rings (SSSR count). The van der Waals surface area contributed by atoms with Gasteiger partial charge in [-0.25, -0.2) is 0 Å². The highest BCUT2D eigenvalue weighted by molar-refractivity contribution is 8.00. The molecule has 1 aromatic carbocycles. The average molecular weight is 315 g/mol. The van der Waals surface area contributed by atoms with Crippen LogP contribution in [0.5, 0.6) is 0 Å². The molecule has 2 N–H and O–H groups in total. The summed E-state index contributed by atoms with van der Waals surface area (Å²) in [4.78, 5) is 15.5. The van der Waals surface area contributed by atoms with Gasteiger partial charge < -0.3 is 10.6 Å². The normalized spacial score (nSPS) is 18.4. The van der Waals surface area contributed by atoms with Crippen LogP contribution in [0, 0.1) is 0 Å². The molecule has 1 aliphatic rings. The molecule has 3 nitrogen and oxygen atoms in total. The Hall–Kier alpha value is -0.710. The summed E-state index contributed by atoms with van der Waals surface area (Å²) < 4.78 is 0. The monoisotopic (exact) mass is 314 g/mol. The number of rotatable bonds is 5. The number of thioether (sulfide) groups is 1. The zero-order valence-corrected chi connectivity index (χ0v) is 13.3. The molecule has 1 aromatic rings. The highest BCUT2D eigenvalue weighted by Gasteiger charge is 2.25. The number of carbonyl (C=O) groups excluding carboxylic acids is 1. The Morgan fingerprint density at radius 1 is 1.30 bits per heavy atom. The van der Waals surface area contributed by atoms with Crippen LogP contribution in [0.1, 0.15) is 25.7 Å². The number of benzene rings is 1. The van der Waals surface area contributed by atoms with Crippen molar-refractivity contribution in [1.82, 2.24) is 4.90 Å². The molecule has 1 amide bonds. The summed E-state index contributed by atoms with van der Waals surface area (Å²) >= 11 is 1.62. The van der Waals surface area contributed by atoms with Crippen molar-refractivity contribution in [2.75, 3.05) is 18.8 Å². The second-order valence-electron chi connectivity index (χ2n) is 4.92. The lowest BCUT2D eigenvalue weighted by molar-refractivity contribution is -0.132. The van der Waals surface area contributed by atoms with E-state index in [2.05, 4.69) is 0 Å². The van der Waals surface area contributed by atoms with Gasteiger partial charge in [-0.1, -0.05) is 18.2 Å². The van der Waals surface area contributed by atoms with Gasteiger partial charge in [0.2, 0.25) is 5.91 Å². The van der Waals surface area contributed by atoms with Crippen LogP contribution < -0.4 is 5.73 Å². The standard InChI is InChI=1S/C15H22N2OS.ClH/c16-10-9-13-6-4-5-11-17(13)15(18)12-19-14-7-2-1-3-8-14;/h1-3,7-8,13H,4-6,9-12,16H2;1H. The highest BCUT2D eigenvalue weighted by Crippen LogP contribution is 2.22. The van der Waals surface area contributed by atoms with E-state index < -0.39 is 0 Å². The topological polar surface area (TPSA) is 46.3 Å². The Balaban J connectivity index is 0.00000200. The fraction of sp³-hybridized carbons (Fsp3) is 0.533. The molecule has 1 saturated heterocycles. The van der Waals surface area contributed by atoms with Crippen LogP contribution in [0.4, 0.5) is 0 Å². The fourth-order valence-electron chi connectivity index (χ4n) is 2.57. The lowest BCUT2D eigenvalue weighted by atomic mass is 9.99. The van der Waals surface area contributed by atoms with E-state index in [-0.39, 0.29) is 18.3 Å². The maximum atomic E-state index is 12.3. The molecule has 0 saturated carbocycles. The molecule has 1 heterocycles. The maximum Gasteiger partial charge on any atom is 0.233 e. The third kappa shape index (κ3) is 5.00. The van der Waals surface area contributed by atoms with Crippen molar-refractivity contribution < 1.29 is 4.79 Å². The minimum atomic E-state index is 0. The van der Waals surface area contributed by atoms with Crippen molar-refractivity contribution in [2.24, 2.45) is 5.73 Å². The maximum absolute atomic E-state index is 12.3. The molecule has 0 aromatic heterocycles. The molecule has 20 heavy (non-hydrogen) atoms. The minimum absolute atomic E-state index is 0. The van der Waals surface area contributed by atoms with Gasteiger partial charge >= 0.3 is 0 Å². The Morgan fingerprint density at radius 2 is 2.05 bits per heavy atom. The van der Waals surface area contributed by atoms with Crippen LogP contribution in [0.2, 0.25) is 0 Å². The number of carbonyl (C=O) groups is 1. The van der Waals surface area contributed by atoms with Crippen molar-refractivity contribution in [3.8, 4) is 0 Å². The second-order valence-corrected chi connectivity index (χ2v) is 5.96.